The third-order valence-electron chi connectivity index (χ3n) is 7.46. The molecule has 12 nitrogen and oxygen atoms in total. The van der Waals surface area contributed by atoms with E-state index in [9.17, 15) is 24.5 Å². The lowest BCUT2D eigenvalue weighted by Crippen LogP contribution is -2.75. The number of benzene rings is 2. The zero-order valence-electron chi connectivity index (χ0n) is 20.5. The van der Waals surface area contributed by atoms with Crippen LogP contribution in [0, 0.1) is 15.5 Å². The molecule has 0 aliphatic carbocycles. The number of amides is 4. The van der Waals surface area contributed by atoms with Crippen LogP contribution in [0.2, 0.25) is 0 Å². The number of barbiturate groups is 1. The summed E-state index contributed by atoms with van der Waals surface area (Å²) in [5.74, 6) is -0.608. The average molecular weight is 510 g/mol. The van der Waals surface area contributed by atoms with Gasteiger partial charge in [-0.05, 0) is 35.9 Å². The van der Waals surface area contributed by atoms with Gasteiger partial charge in [-0.15, -0.1) is 0 Å². The summed E-state index contributed by atoms with van der Waals surface area (Å²) in [4.78, 5) is 56.3. The lowest BCUT2D eigenvalue weighted by atomic mass is 9.67. The number of piperazine rings is 1. The van der Waals surface area contributed by atoms with Crippen molar-refractivity contribution < 1.29 is 28.8 Å². The molecule has 1 spiro atoms. The Hall–Kier alpha value is -4.19. The summed E-state index contributed by atoms with van der Waals surface area (Å²) in [6, 6.07) is 10.6. The molecule has 37 heavy (non-hydrogen) atoms. The number of nitrogens with zero attached hydrogens (tertiary/aromatic N) is 4. The van der Waals surface area contributed by atoms with Gasteiger partial charge in [0.05, 0.1) is 31.2 Å². The predicted molar refractivity (Wildman–Crippen MR) is 133 cm³/mol. The van der Waals surface area contributed by atoms with Crippen LogP contribution in [0.3, 0.4) is 0 Å². The number of anilines is 2. The van der Waals surface area contributed by atoms with Crippen LogP contribution in [0.25, 0.3) is 0 Å². The van der Waals surface area contributed by atoms with Gasteiger partial charge in [0.1, 0.15) is 5.75 Å². The van der Waals surface area contributed by atoms with Crippen molar-refractivity contribution in [2.24, 2.45) is 5.41 Å². The van der Waals surface area contributed by atoms with Crippen molar-refractivity contribution >= 4 is 34.9 Å². The van der Waals surface area contributed by atoms with Crippen molar-refractivity contribution in [3.05, 3.63) is 58.1 Å². The number of hydrogen-bond donors (Lipinski definition) is 1. The Morgan fingerprint density at radius 3 is 2.54 bits per heavy atom. The summed E-state index contributed by atoms with van der Waals surface area (Å²) in [7, 11) is 3.05. The Bertz CT molecular complexity index is 1270. The molecule has 3 aliphatic heterocycles. The fourth-order valence-corrected chi connectivity index (χ4v) is 5.59. The first-order valence-electron chi connectivity index (χ1n) is 11.9. The molecular weight excluding hydrogens is 482 g/mol. The number of nitro benzene ring substituents is 1. The van der Waals surface area contributed by atoms with Crippen molar-refractivity contribution in [1.29, 1.82) is 0 Å². The summed E-state index contributed by atoms with van der Waals surface area (Å²) in [5, 5.41) is 13.9. The number of urea groups is 1. The largest absolute Gasteiger partial charge is 0.497 e. The minimum absolute atomic E-state index is 0.0209. The third-order valence-corrected chi connectivity index (χ3v) is 7.46. The highest BCUT2D eigenvalue weighted by atomic mass is 16.6. The Kier molecular flexibility index (Phi) is 6.20. The Morgan fingerprint density at radius 1 is 1.11 bits per heavy atom. The highest BCUT2D eigenvalue weighted by Crippen LogP contribution is 2.47. The summed E-state index contributed by atoms with van der Waals surface area (Å²) < 4.78 is 10.3. The van der Waals surface area contributed by atoms with E-state index in [-0.39, 0.29) is 25.3 Å². The van der Waals surface area contributed by atoms with Crippen molar-refractivity contribution in [3.8, 4) is 5.75 Å². The van der Waals surface area contributed by atoms with Crippen molar-refractivity contribution in [2.45, 2.75) is 12.5 Å². The van der Waals surface area contributed by atoms with Gasteiger partial charge in [-0.2, -0.15) is 0 Å². The van der Waals surface area contributed by atoms with E-state index in [1.54, 1.807) is 13.2 Å². The van der Waals surface area contributed by atoms with Gasteiger partial charge in [0.25, 0.3) is 5.69 Å². The van der Waals surface area contributed by atoms with Gasteiger partial charge >= 0.3 is 6.03 Å². The van der Waals surface area contributed by atoms with Crippen molar-refractivity contribution in [3.63, 3.8) is 0 Å². The van der Waals surface area contributed by atoms with Crippen molar-refractivity contribution in [1.82, 2.24) is 10.2 Å². The van der Waals surface area contributed by atoms with Gasteiger partial charge < -0.3 is 19.3 Å². The second-order valence-electron chi connectivity index (χ2n) is 9.28. The standard InChI is InChI=1S/C25H27N5O7/c1-36-12-11-29-23(32)25(22(31)26-24(29)33)14-16-13-18(30(34)35)5-8-20(16)28-10-9-27(15-21(25)28)17-3-6-19(37-2)7-4-17/h3-8,13,21H,9-12,14-15H2,1-2H3,(H,26,31,33). The number of methoxy groups -OCH3 is 2. The van der Waals surface area contributed by atoms with Crippen LogP contribution in [0.15, 0.2) is 42.5 Å². The van der Waals surface area contributed by atoms with Gasteiger partial charge in [-0.25, -0.2) is 4.79 Å². The van der Waals surface area contributed by atoms with E-state index in [1.807, 2.05) is 29.2 Å². The van der Waals surface area contributed by atoms with E-state index in [2.05, 4.69) is 10.2 Å². The summed E-state index contributed by atoms with van der Waals surface area (Å²) >= 11 is 0. The minimum atomic E-state index is -1.66. The molecule has 2 aromatic carbocycles. The molecule has 0 radical (unpaired) electrons. The van der Waals surface area contributed by atoms with Gasteiger partial charge in [0, 0.05) is 56.7 Å². The molecule has 0 aromatic heterocycles. The molecule has 3 aliphatic rings. The highest BCUT2D eigenvalue weighted by molar-refractivity contribution is 6.20. The molecule has 2 aromatic rings. The Morgan fingerprint density at radius 2 is 1.86 bits per heavy atom. The molecule has 194 valence electrons. The van der Waals surface area contributed by atoms with Crippen LogP contribution in [0.5, 0.6) is 5.75 Å². The number of ether oxygens (including phenoxy) is 2. The lowest BCUT2D eigenvalue weighted by Gasteiger charge is -2.55. The fourth-order valence-electron chi connectivity index (χ4n) is 5.59. The number of imide groups is 2. The van der Waals surface area contributed by atoms with Crippen LogP contribution in [0.4, 0.5) is 21.9 Å². The Labute approximate surface area is 212 Å². The van der Waals surface area contributed by atoms with Crippen LogP contribution in [-0.4, -0.2) is 80.7 Å². The smallest absolute Gasteiger partial charge is 0.330 e. The highest BCUT2D eigenvalue weighted by Gasteiger charge is 2.63. The molecule has 5 rings (SSSR count). The third kappa shape index (κ3) is 3.93. The van der Waals surface area contributed by atoms with Gasteiger partial charge in [0.2, 0.25) is 11.8 Å². The molecule has 2 fully saturated rings. The normalized spacial score (nSPS) is 23.0. The molecule has 4 amide bonds. The molecule has 2 atom stereocenters. The van der Waals surface area contributed by atoms with E-state index < -0.39 is 34.2 Å². The van der Waals surface area contributed by atoms with E-state index in [1.165, 1.54) is 19.2 Å². The van der Waals surface area contributed by atoms with Crippen LogP contribution >= 0.6 is 0 Å². The maximum atomic E-state index is 14.0. The van der Waals surface area contributed by atoms with Crippen LogP contribution in [0.1, 0.15) is 5.56 Å². The molecule has 2 unspecified atom stereocenters. The van der Waals surface area contributed by atoms with E-state index in [0.29, 0.717) is 30.9 Å². The predicted octanol–water partition coefficient (Wildman–Crippen LogP) is 1.57. The molecule has 12 heteroatoms. The van der Waals surface area contributed by atoms with Gasteiger partial charge in [0.15, 0.2) is 5.41 Å². The number of non-ortho nitro benzene ring substituents is 1. The second-order valence-corrected chi connectivity index (χ2v) is 9.28. The first-order valence-corrected chi connectivity index (χ1v) is 11.9. The summed E-state index contributed by atoms with van der Waals surface area (Å²) in [6.45, 7) is 1.48. The second kappa shape index (κ2) is 9.36. The topological polar surface area (TPSA) is 135 Å². The number of carbonyl (C=O) groups is 3. The number of nitrogens with one attached hydrogen (secondary N) is 1. The zero-order chi connectivity index (χ0) is 26.3. The van der Waals surface area contributed by atoms with E-state index in [4.69, 9.17) is 9.47 Å². The Balaban J connectivity index is 1.60. The number of rotatable bonds is 6. The lowest BCUT2D eigenvalue weighted by molar-refractivity contribution is -0.384. The molecule has 3 heterocycles. The quantitative estimate of drug-likeness (QED) is 0.350. The number of fused-ring (bicyclic) bond motifs is 4. The SMILES string of the molecule is COCCN1C(=O)NC(=O)C2(Cc3cc([N+](=O)[O-])ccc3N3CCN(c4ccc(OC)cc4)CC32)C1=O. The summed E-state index contributed by atoms with van der Waals surface area (Å²) in [6.07, 6.45) is -0.0664. The van der Waals surface area contributed by atoms with Gasteiger partial charge in [-0.1, -0.05) is 0 Å². The van der Waals surface area contributed by atoms with Crippen molar-refractivity contribution in [2.75, 3.05) is 56.8 Å². The first kappa shape index (κ1) is 24.5. The number of hydrogen-bond acceptors (Lipinski definition) is 9. The maximum absolute atomic E-state index is 14.0. The molecule has 1 N–H and O–H groups in total. The maximum Gasteiger partial charge on any atom is 0.330 e. The van der Waals surface area contributed by atoms with E-state index in [0.717, 1.165) is 16.3 Å². The molecule has 0 saturated carbocycles. The number of nitro groups is 1. The molecule has 0 bridgehead atoms. The van der Waals surface area contributed by atoms with E-state index >= 15 is 0 Å². The number of carbonyl (C=O) groups excluding carboxylic acids is 3. The summed E-state index contributed by atoms with van der Waals surface area (Å²) in [5.41, 5.74) is 0.389. The minimum Gasteiger partial charge on any atom is -0.497 e. The average Bonchev–Trinajstić information content (AvgIpc) is 2.91. The zero-order valence-corrected chi connectivity index (χ0v) is 20.5. The molecule has 2 saturated heterocycles. The first-order chi connectivity index (χ1) is 17.8. The van der Waals surface area contributed by atoms with Gasteiger partial charge in [-0.3, -0.25) is 29.9 Å². The fraction of sp³-hybridized carbons (Fsp3) is 0.400. The van der Waals surface area contributed by atoms with Crippen LogP contribution < -0.4 is 19.9 Å². The molecular formula is C25H27N5O7. The monoisotopic (exact) mass is 509 g/mol. The van der Waals surface area contributed by atoms with Crippen LogP contribution in [-0.2, 0) is 20.7 Å².